The maximum atomic E-state index is 5.89. The molecule has 0 bridgehead atoms. The zero-order valence-corrected chi connectivity index (χ0v) is 11.6. The third-order valence-corrected chi connectivity index (χ3v) is 3.75. The lowest BCUT2D eigenvalue weighted by Crippen LogP contribution is -2.08. The molecule has 0 spiro atoms. The molecule has 2 rings (SSSR count). The molecular weight excluding hydrogens is 224 g/mol. The van der Waals surface area contributed by atoms with Gasteiger partial charge >= 0.3 is 0 Å². The lowest BCUT2D eigenvalue weighted by Gasteiger charge is -2.12. The van der Waals surface area contributed by atoms with Gasteiger partial charge in [-0.05, 0) is 36.3 Å². The van der Waals surface area contributed by atoms with Crippen LogP contribution in [0.5, 0.6) is 5.75 Å². The first-order valence-corrected chi connectivity index (χ1v) is 6.79. The zero-order valence-electron chi connectivity index (χ0n) is 11.6. The first-order chi connectivity index (χ1) is 8.53. The number of nitrogen functional groups attached to an aromatic ring is 1. The van der Waals surface area contributed by atoms with Gasteiger partial charge in [0.05, 0.1) is 12.3 Å². The molecule has 1 saturated carbocycles. The number of anilines is 2. The van der Waals surface area contributed by atoms with Crippen molar-refractivity contribution >= 4 is 11.4 Å². The summed E-state index contributed by atoms with van der Waals surface area (Å²) in [5, 5.41) is 3.47. The fourth-order valence-electron chi connectivity index (χ4n) is 2.15. The third-order valence-electron chi connectivity index (χ3n) is 3.75. The van der Waals surface area contributed by atoms with Gasteiger partial charge in [0.2, 0.25) is 0 Å². The summed E-state index contributed by atoms with van der Waals surface area (Å²) < 4.78 is 5.62. The minimum Gasteiger partial charge on any atom is -0.491 e. The molecule has 0 radical (unpaired) electrons. The van der Waals surface area contributed by atoms with Gasteiger partial charge in [0.1, 0.15) is 5.75 Å². The second-order valence-corrected chi connectivity index (χ2v) is 5.87. The monoisotopic (exact) mass is 248 g/mol. The molecule has 3 heteroatoms. The highest BCUT2D eigenvalue weighted by Gasteiger charge is 2.44. The summed E-state index contributed by atoms with van der Waals surface area (Å²) in [6.07, 6.45) is 2.31. The van der Waals surface area contributed by atoms with Crippen molar-refractivity contribution < 1.29 is 4.74 Å². The minimum atomic E-state index is 0.516. The molecule has 0 aromatic heterocycles. The molecule has 3 N–H and O–H groups in total. The highest BCUT2D eigenvalue weighted by atomic mass is 16.5. The van der Waals surface area contributed by atoms with Gasteiger partial charge < -0.3 is 15.8 Å². The summed E-state index contributed by atoms with van der Waals surface area (Å²) in [6.45, 7) is 8.47. The quantitative estimate of drug-likeness (QED) is 0.757. The zero-order chi connectivity index (χ0) is 13.2. The average molecular weight is 248 g/mol. The molecule has 1 aromatic rings. The summed E-state index contributed by atoms with van der Waals surface area (Å²) >= 11 is 0. The summed E-state index contributed by atoms with van der Waals surface area (Å²) in [5.74, 6) is 1.58. The first-order valence-electron chi connectivity index (χ1n) is 6.79. The van der Waals surface area contributed by atoms with Gasteiger partial charge in [0, 0.05) is 18.3 Å². The van der Waals surface area contributed by atoms with Crippen molar-refractivity contribution in [2.45, 2.75) is 33.6 Å². The normalized spacial score (nSPS) is 20.5. The van der Waals surface area contributed by atoms with Gasteiger partial charge in [-0.3, -0.25) is 0 Å². The standard InChI is InChI=1S/C15H24N2O/c1-4-7-18-14-8-12(5-6-13(14)16)17-10-11-9-15(11,2)3/h5-6,8,11,17H,4,7,9-10,16H2,1-3H3. The lowest BCUT2D eigenvalue weighted by atomic mass is 10.1. The van der Waals surface area contributed by atoms with Crippen molar-refractivity contribution in [3.63, 3.8) is 0 Å². The van der Waals surface area contributed by atoms with Crippen LogP contribution in [-0.4, -0.2) is 13.2 Å². The Morgan fingerprint density at radius 2 is 2.17 bits per heavy atom. The highest BCUT2D eigenvalue weighted by molar-refractivity contribution is 5.61. The van der Waals surface area contributed by atoms with Crippen LogP contribution in [0.15, 0.2) is 18.2 Å². The third kappa shape index (κ3) is 3.09. The molecule has 0 aliphatic heterocycles. The SMILES string of the molecule is CCCOc1cc(NCC2CC2(C)C)ccc1N. The molecule has 100 valence electrons. The number of ether oxygens (including phenoxy) is 1. The fraction of sp³-hybridized carbons (Fsp3) is 0.600. The molecule has 0 saturated heterocycles. The highest BCUT2D eigenvalue weighted by Crippen LogP contribution is 2.51. The second kappa shape index (κ2) is 5.09. The van der Waals surface area contributed by atoms with Crippen molar-refractivity contribution in [3.05, 3.63) is 18.2 Å². The van der Waals surface area contributed by atoms with E-state index in [9.17, 15) is 0 Å². The van der Waals surface area contributed by atoms with E-state index in [0.29, 0.717) is 17.7 Å². The van der Waals surface area contributed by atoms with Gasteiger partial charge in [0.15, 0.2) is 0 Å². The predicted molar refractivity (Wildman–Crippen MR) is 77.0 cm³/mol. The number of nitrogens with one attached hydrogen (secondary N) is 1. The molecule has 1 unspecified atom stereocenters. The van der Waals surface area contributed by atoms with Crippen LogP contribution in [0.3, 0.4) is 0 Å². The van der Waals surface area contributed by atoms with Crippen LogP contribution in [0.1, 0.15) is 33.6 Å². The molecule has 1 fully saturated rings. The topological polar surface area (TPSA) is 47.3 Å². The van der Waals surface area contributed by atoms with E-state index in [0.717, 1.165) is 30.3 Å². The Labute approximate surface area is 110 Å². The van der Waals surface area contributed by atoms with Crippen LogP contribution < -0.4 is 15.8 Å². The number of benzene rings is 1. The van der Waals surface area contributed by atoms with Crippen molar-refractivity contribution in [3.8, 4) is 5.75 Å². The van der Waals surface area contributed by atoms with Crippen LogP contribution in [-0.2, 0) is 0 Å². The number of hydrogen-bond donors (Lipinski definition) is 2. The Kier molecular flexibility index (Phi) is 3.69. The van der Waals surface area contributed by atoms with E-state index >= 15 is 0 Å². The maximum absolute atomic E-state index is 5.89. The summed E-state index contributed by atoms with van der Waals surface area (Å²) in [7, 11) is 0. The molecule has 1 aromatic carbocycles. The molecule has 0 amide bonds. The summed E-state index contributed by atoms with van der Waals surface area (Å²) in [6, 6.07) is 5.93. The van der Waals surface area contributed by atoms with Gasteiger partial charge in [-0.2, -0.15) is 0 Å². The fourth-order valence-corrected chi connectivity index (χ4v) is 2.15. The van der Waals surface area contributed by atoms with Gasteiger partial charge in [-0.1, -0.05) is 20.8 Å². The lowest BCUT2D eigenvalue weighted by molar-refractivity contribution is 0.319. The Hall–Kier alpha value is -1.38. The number of nitrogens with two attached hydrogens (primary N) is 1. The van der Waals surface area contributed by atoms with Gasteiger partial charge in [-0.25, -0.2) is 0 Å². The Balaban J connectivity index is 1.92. The Bertz CT molecular complexity index is 415. The summed E-state index contributed by atoms with van der Waals surface area (Å²) in [5.41, 5.74) is 8.21. The minimum absolute atomic E-state index is 0.516. The van der Waals surface area contributed by atoms with Crippen molar-refractivity contribution in [1.29, 1.82) is 0 Å². The molecular formula is C15H24N2O. The molecule has 0 heterocycles. The smallest absolute Gasteiger partial charge is 0.144 e. The largest absolute Gasteiger partial charge is 0.491 e. The molecule has 1 aliphatic carbocycles. The van der Waals surface area contributed by atoms with E-state index in [-0.39, 0.29) is 0 Å². The first kappa shape index (κ1) is 13.1. The van der Waals surface area contributed by atoms with Crippen LogP contribution in [0, 0.1) is 11.3 Å². The average Bonchev–Trinajstić information content (AvgIpc) is 2.94. The van der Waals surface area contributed by atoms with Gasteiger partial charge in [0.25, 0.3) is 0 Å². The van der Waals surface area contributed by atoms with E-state index in [2.05, 4.69) is 26.1 Å². The van der Waals surface area contributed by atoms with Crippen LogP contribution >= 0.6 is 0 Å². The number of rotatable bonds is 6. The Morgan fingerprint density at radius 1 is 1.44 bits per heavy atom. The second-order valence-electron chi connectivity index (χ2n) is 5.87. The maximum Gasteiger partial charge on any atom is 0.144 e. The van der Waals surface area contributed by atoms with Crippen LogP contribution in [0.2, 0.25) is 0 Å². The van der Waals surface area contributed by atoms with Crippen molar-refractivity contribution in [2.75, 3.05) is 24.2 Å². The molecule has 18 heavy (non-hydrogen) atoms. The van der Waals surface area contributed by atoms with Crippen LogP contribution in [0.4, 0.5) is 11.4 Å². The van der Waals surface area contributed by atoms with E-state index in [1.165, 1.54) is 6.42 Å². The van der Waals surface area contributed by atoms with E-state index < -0.39 is 0 Å². The molecule has 1 aliphatic rings. The van der Waals surface area contributed by atoms with E-state index in [4.69, 9.17) is 10.5 Å². The number of hydrogen-bond acceptors (Lipinski definition) is 3. The van der Waals surface area contributed by atoms with Gasteiger partial charge in [-0.15, -0.1) is 0 Å². The molecule has 3 nitrogen and oxygen atoms in total. The van der Waals surface area contributed by atoms with Crippen molar-refractivity contribution in [1.82, 2.24) is 0 Å². The predicted octanol–water partition coefficient (Wildman–Crippen LogP) is 3.52. The molecule has 1 atom stereocenters. The van der Waals surface area contributed by atoms with Crippen molar-refractivity contribution in [2.24, 2.45) is 11.3 Å². The van der Waals surface area contributed by atoms with Crippen LogP contribution in [0.25, 0.3) is 0 Å². The summed E-state index contributed by atoms with van der Waals surface area (Å²) in [4.78, 5) is 0. The van der Waals surface area contributed by atoms with E-state index in [1.807, 2.05) is 18.2 Å². The Morgan fingerprint density at radius 3 is 2.78 bits per heavy atom. The van der Waals surface area contributed by atoms with E-state index in [1.54, 1.807) is 0 Å².